The molecule has 0 aliphatic heterocycles. The molecule has 2 rings (SSSR count). The number of carbonyl (C=O) groups excluding carboxylic acids is 2. The van der Waals surface area contributed by atoms with Crippen LogP contribution in [0, 0.1) is 0 Å². The van der Waals surface area contributed by atoms with Gasteiger partial charge in [0.1, 0.15) is 5.75 Å². The van der Waals surface area contributed by atoms with Crippen molar-refractivity contribution in [3.63, 3.8) is 0 Å². The summed E-state index contributed by atoms with van der Waals surface area (Å²) >= 11 is 0. The van der Waals surface area contributed by atoms with Crippen LogP contribution in [0.1, 0.15) is 33.1 Å². The van der Waals surface area contributed by atoms with Crippen molar-refractivity contribution in [3.05, 3.63) is 48.5 Å². The van der Waals surface area contributed by atoms with Gasteiger partial charge < -0.3 is 20.7 Å². The fraction of sp³-hybridized carbons (Fsp3) is 0.333. The third kappa shape index (κ3) is 7.40. The van der Waals surface area contributed by atoms with E-state index in [-0.39, 0.29) is 18.4 Å². The maximum absolute atomic E-state index is 12.1. The minimum atomic E-state index is -0.149. The van der Waals surface area contributed by atoms with Gasteiger partial charge in [0.2, 0.25) is 11.8 Å². The highest BCUT2D eigenvalue weighted by molar-refractivity contribution is 5.94. The van der Waals surface area contributed by atoms with Gasteiger partial charge in [-0.25, -0.2) is 0 Å². The van der Waals surface area contributed by atoms with Gasteiger partial charge in [0.15, 0.2) is 0 Å². The first-order chi connectivity index (χ1) is 13.1. The Bertz CT molecular complexity index is 727. The highest BCUT2D eigenvalue weighted by Crippen LogP contribution is 2.16. The number of carbonyl (C=O) groups is 2. The molecular formula is C21H27N3O3. The molecule has 0 aliphatic carbocycles. The minimum Gasteiger partial charge on any atom is -0.494 e. The number of anilines is 3. The molecule has 2 amide bonds. The molecule has 27 heavy (non-hydrogen) atoms. The molecule has 0 spiro atoms. The molecule has 0 heterocycles. The van der Waals surface area contributed by atoms with Gasteiger partial charge in [-0.15, -0.1) is 0 Å². The molecule has 0 bridgehead atoms. The maximum Gasteiger partial charge on any atom is 0.243 e. The molecule has 0 atom stereocenters. The molecule has 0 aromatic heterocycles. The van der Waals surface area contributed by atoms with Gasteiger partial charge in [0.25, 0.3) is 0 Å². The van der Waals surface area contributed by atoms with Crippen molar-refractivity contribution in [2.75, 3.05) is 29.1 Å². The maximum atomic E-state index is 12.1. The van der Waals surface area contributed by atoms with Crippen molar-refractivity contribution in [1.29, 1.82) is 0 Å². The zero-order chi connectivity index (χ0) is 19.5. The second kappa shape index (κ2) is 10.9. The summed E-state index contributed by atoms with van der Waals surface area (Å²) < 4.78 is 5.61. The summed E-state index contributed by atoms with van der Waals surface area (Å²) in [4.78, 5) is 23.4. The van der Waals surface area contributed by atoms with E-state index in [1.165, 1.54) is 0 Å². The number of hydrogen-bond donors (Lipinski definition) is 3. The van der Waals surface area contributed by atoms with Gasteiger partial charge >= 0.3 is 0 Å². The minimum absolute atomic E-state index is 0.0437. The lowest BCUT2D eigenvalue weighted by molar-refractivity contribution is -0.116. The van der Waals surface area contributed by atoms with Crippen LogP contribution < -0.4 is 20.7 Å². The summed E-state index contributed by atoms with van der Waals surface area (Å²) in [6.07, 6.45) is 2.56. The number of ether oxygens (including phenoxy) is 1. The first-order valence-electron chi connectivity index (χ1n) is 9.27. The third-order valence-corrected chi connectivity index (χ3v) is 3.85. The molecule has 0 radical (unpaired) electrons. The zero-order valence-electron chi connectivity index (χ0n) is 15.9. The predicted octanol–water partition coefficient (Wildman–Crippen LogP) is 4.26. The Morgan fingerprint density at radius 2 is 1.37 bits per heavy atom. The molecule has 0 aliphatic rings. The number of nitrogens with one attached hydrogen (secondary N) is 3. The van der Waals surface area contributed by atoms with Crippen molar-refractivity contribution >= 4 is 28.9 Å². The van der Waals surface area contributed by atoms with Crippen molar-refractivity contribution in [3.8, 4) is 5.75 Å². The molecule has 3 N–H and O–H groups in total. The Morgan fingerprint density at radius 3 is 1.93 bits per heavy atom. The normalized spacial score (nSPS) is 10.1. The highest BCUT2D eigenvalue weighted by atomic mass is 16.5. The van der Waals surface area contributed by atoms with E-state index in [1.807, 2.05) is 24.3 Å². The molecule has 2 aromatic carbocycles. The largest absolute Gasteiger partial charge is 0.494 e. The van der Waals surface area contributed by atoms with Crippen molar-refractivity contribution in [1.82, 2.24) is 0 Å². The van der Waals surface area contributed by atoms with Crippen molar-refractivity contribution in [2.45, 2.75) is 33.1 Å². The monoisotopic (exact) mass is 369 g/mol. The second-order valence-electron chi connectivity index (χ2n) is 6.11. The zero-order valence-corrected chi connectivity index (χ0v) is 15.9. The standard InChI is InChI=1S/C21H27N3O3/c1-3-5-14-27-19-12-10-16(11-13-19)22-15-21(26)24-18-8-6-17(7-9-18)23-20(25)4-2/h6-13,22H,3-5,14-15H2,1-2H3,(H,23,25)(H,24,26). The van der Waals surface area contributed by atoms with Gasteiger partial charge in [-0.3, -0.25) is 9.59 Å². The Kier molecular flexibility index (Phi) is 8.16. The van der Waals surface area contributed by atoms with Crippen LogP contribution in [0.5, 0.6) is 5.75 Å². The quantitative estimate of drug-likeness (QED) is 0.547. The lowest BCUT2D eigenvalue weighted by atomic mass is 10.2. The molecule has 0 fully saturated rings. The van der Waals surface area contributed by atoms with Crippen LogP contribution >= 0.6 is 0 Å². The summed E-state index contributed by atoms with van der Waals surface area (Å²) in [5, 5.41) is 8.66. The first kappa shape index (κ1) is 20.3. The van der Waals surface area contributed by atoms with Gasteiger partial charge in [0.05, 0.1) is 13.2 Å². The average Bonchev–Trinajstić information content (AvgIpc) is 2.69. The van der Waals surface area contributed by atoms with Crippen molar-refractivity contribution < 1.29 is 14.3 Å². The predicted molar refractivity (Wildman–Crippen MR) is 109 cm³/mol. The van der Waals surface area contributed by atoms with Crippen LogP contribution in [0.25, 0.3) is 0 Å². The van der Waals surface area contributed by atoms with Gasteiger partial charge in [0, 0.05) is 23.5 Å². The fourth-order valence-electron chi connectivity index (χ4n) is 2.28. The third-order valence-electron chi connectivity index (χ3n) is 3.85. The lowest BCUT2D eigenvalue weighted by Crippen LogP contribution is -2.21. The summed E-state index contributed by atoms with van der Waals surface area (Å²) in [6, 6.07) is 14.6. The van der Waals surface area contributed by atoms with E-state index in [0.29, 0.717) is 24.4 Å². The van der Waals surface area contributed by atoms with Gasteiger partial charge in [-0.1, -0.05) is 20.3 Å². The summed E-state index contributed by atoms with van der Waals surface area (Å²) in [6.45, 7) is 4.79. The van der Waals surface area contributed by atoms with Crippen LogP contribution in [-0.4, -0.2) is 25.0 Å². The van der Waals surface area contributed by atoms with E-state index in [2.05, 4.69) is 22.9 Å². The van der Waals surface area contributed by atoms with E-state index in [4.69, 9.17) is 4.74 Å². The number of benzene rings is 2. The Labute approximate surface area is 160 Å². The van der Waals surface area contributed by atoms with Crippen LogP contribution in [0.15, 0.2) is 48.5 Å². The van der Waals surface area contributed by atoms with Gasteiger partial charge in [-0.05, 0) is 55.0 Å². The van der Waals surface area contributed by atoms with Gasteiger partial charge in [-0.2, -0.15) is 0 Å². The molecule has 0 saturated carbocycles. The van der Waals surface area contributed by atoms with Crippen LogP contribution in [0.3, 0.4) is 0 Å². The Balaban J connectivity index is 1.76. The smallest absolute Gasteiger partial charge is 0.243 e. The average molecular weight is 369 g/mol. The number of unbranched alkanes of at least 4 members (excludes halogenated alkanes) is 1. The van der Waals surface area contributed by atoms with Crippen LogP contribution in [0.4, 0.5) is 17.1 Å². The fourth-order valence-corrected chi connectivity index (χ4v) is 2.28. The number of hydrogen-bond acceptors (Lipinski definition) is 4. The topological polar surface area (TPSA) is 79.5 Å². The van der Waals surface area contributed by atoms with E-state index in [9.17, 15) is 9.59 Å². The summed E-state index contributed by atoms with van der Waals surface area (Å²) in [7, 11) is 0. The lowest BCUT2D eigenvalue weighted by Gasteiger charge is -2.10. The van der Waals surface area contributed by atoms with Crippen LogP contribution in [-0.2, 0) is 9.59 Å². The first-order valence-corrected chi connectivity index (χ1v) is 9.27. The van der Waals surface area contributed by atoms with E-state index < -0.39 is 0 Å². The van der Waals surface area contributed by atoms with E-state index in [1.54, 1.807) is 31.2 Å². The number of amides is 2. The molecule has 0 saturated heterocycles. The SMILES string of the molecule is CCCCOc1ccc(NCC(=O)Nc2ccc(NC(=O)CC)cc2)cc1. The molecule has 2 aromatic rings. The van der Waals surface area contributed by atoms with Crippen LogP contribution in [0.2, 0.25) is 0 Å². The Hall–Kier alpha value is -3.02. The van der Waals surface area contributed by atoms with E-state index >= 15 is 0 Å². The Morgan fingerprint density at radius 1 is 0.815 bits per heavy atom. The highest BCUT2D eigenvalue weighted by Gasteiger charge is 2.04. The summed E-state index contributed by atoms with van der Waals surface area (Å²) in [5.41, 5.74) is 2.24. The van der Waals surface area contributed by atoms with E-state index in [0.717, 1.165) is 24.3 Å². The molecule has 6 heteroatoms. The summed E-state index contributed by atoms with van der Waals surface area (Å²) in [5.74, 6) is 0.634. The van der Waals surface area contributed by atoms with Crippen molar-refractivity contribution in [2.24, 2.45) is 0 Å². The second-order valence-corrected chi connectivity index (χ2v) is 6.11. The molecule has 144 valence electrons. The number of rotatable bonds is 10. The molecular weight excluding hydrogens is 342 g/mol. The molecule has 0 unspecified atom stereocenters. The molecule has 6 nitrogen and oxygen atoms in total.